The number of imidazole rings is 3. The van der Waals surface area contributed by atoms with Crippen LogP contribution in [0, 0.1) is 5.92 Å². The summed E-state index contributed by atoms with van der Waals surface area (Å²) in [6, 6.07) is 41.2. The molecule has 1 aliphatic heterocycles. The molecule has 2 atom stereocenters. The SMILES string of the molecule is BrCc1ccc2ccccc2n1.CC(C)N(Cc1nc2ccccc2[nH]1)C1CCCCC1.CC(C)N(Cc1nc2ccccc2n1CC1=NC2C=CC=CC2C=C1)C1CCCCC1.CC(C)NC1CCCCC1.ClCc1nc2ccccc2[nH]1. The van der Waals surface area contributed by atoms with Gasteiger partial charge in [-0.1, -0.05) is 179 Å². The number of rotatable bonds is 14. The van der Waals surface area contributed by atoms with Gasteiger partial charge in [-0.05, 0) is 121 Å². The van der Waals surface area contributed by atoms with Crippen molar-refractivity contribution in [1.82, 2.24) is 49.6 Å². The Kier molecular flexibility index (Phi) is 24.0. The molecular formula is C71H93BrClN11. The zero-order valence-corrected chi connectivity index (χ0v) is 53.3. The van der Waals surface area contributed by atoms with Gasteiger partial charge in [-0.2, -0.15) is 0 Å². The lowest BCUT2D eigenvalue weighted by atomic mass is 9.92. The standard InChI is InChI=1S/C27H34N4.C17H25N3.C10H8BrN.C9H19N.C8H7ClN2/c1-20(2)30(23-11-4-3-5-12-23)19-27-29-25-14-8-9-15-26(25)31(27)18-22-17-16-21-10-6-7-13-24(21)28-22;1-13(2)20(14-8-4-3-5-9-14)12-17-18-15-10-6-7-11-16(15)19-17;11-7-9-6-5-8-3-1-2-4-10(8)12-9;1-8(2)10-9-6-4-3-5-7-9;9-5-8-10-6-3-1-2-4-7(6)11-8/h6-10,13-17,20-21,23-24H,3-5,11-12,18-19H2,1-2H3;6-7,10-11,13-14H,3-5,8-9,12H2,1-2H3,(H,18,19);1-6H,7H2;8-10H,3-7H2,1-2H3;1-4H,5H2,(H,10,11). The number of pyridine rings is 1. The molecule has 4 aromatic heterocycles. The maximum atomic E-state index is 5.60. The first-order valence-corrected chi connectivity index (χ1v) is 33.3. The van der Waals surface area contributed by atoms with Gasteiger partial charge < -0.3 is 19.9 Å². The molecule has 5 heterocycles. The highest BCUT2D eigenvalue weighted by atomic mass is 79.9. The van der Waals surface area contributed by atoms with Gasteiger partial charge in [-0.3, -0.25) is 19.8 Å². The molecule has 0 spiro atoms. The van der Waals surface area contributed by atoms with Crippen molar-refractivity contribution in [3.05, 3.63) is 169 Å². The number of nitrogens with zero attached hydrogens (tertiary/aromatic N) is 8. The Hall–Kier alpha value is -5.76. The largest absolute Gasteiger partial charge is 0.341 e. The maximum Gasteiger partial charge on any atom is 0.124 e. The molecular weight excluding hydrogens is 1120 g/mol. The smallest absolute Gasteiger partial charge is 0.124 e. The minimum absolute atomic E-state index is 0.234. The Morgan fingerprint density at radius 1 is 0.571 bits per heavy atom. The number of dihydropyridines is 1. The number of nitrogens with one attached hydrogen (secondary N) is 3. The van der Waals surface area contributed by atoms with E-state index in [4.69, 9.17) is 26.6 Å². The Morgan fingerprint density at radius 2 is 1.12 bits per heavy atom. The van der Waals surface area contributed by atoms with Crippen molar-refractivity contribution < 1.29 is 0 Å². The van der Waals surface area contributed by atoms with Crippen molar-refractivity contribution in [1.29, 1.82) is 0 Å². The van der Waals surface area contributed by atoms with Gasteiger partial charge in [0.25, 0.3) is 0 Å². The predicted octanol–water partition coefficient (Wildman–Crippen LogP) is 17.6. The monoisotopic (exact) mass is 1210 g/mol. The summed E-state index contributed by atoms with van der Waals surface area (Å²) in [5.74, 6) is 3.93. The second kappa shape index (κ2) is 32.1. The van der Waals surface area contributed by atoms with Crippen molar-refractivity contribution >= 4 is 77.2 Å². The maximum absolute atomic E-state index is 5.60. The van der Waals surface area contributed by atoms with Crippen LogP contribution in [0.15, 0.2) is 151 Å². The van der Waals surface area contributed by atoms with Crippen LogP contribution in [0.25, 0.3) is 44.0 Å². The first-order valence-electron chi connectivity index (χ1n) is 31.7. The van der Waals surface area contributed by atoms with Crippen LogP contribution in [-0.4, -0.2) is 92.3 Å². The Labute approximate surface area is 514 Å². The van der Waals surface area contributed by atoms with Gasteiger partial charge in [0.1, 0.15) is 17.5 Å². The van der Waals surface area contributed by atoms with Crippen LogP contribution in [-0.2, 0) is 30.8 Å². The third kappa shape index (κ3) is 17.9. The summed E-state index contributed by atoms with van der Waals surface area (Å²) in [5.41, 5.74) is 9.82. The molecule has 3 fully saturated rings. The molecule has 446 valence electrons. The molecule has 13 rings (SSSR count). The highest BCUT2D eigenvalue weighted by molar-refractivity contribution is 9.08. The molecule has 0 amide bonds. The zero-order chi connectivity index (χ0) is 58.6. The summed E-state index contributed by atoms with van der Waals surface area (Å²) >= 11 is 8.99. The van der Waals surface area contributed by atoms with Gasteiger partial charge in [-0.15, -0.1) is 11.6 Å². The number of para-hydroxylation sites is 7. The number of halogens is 2. The number of aliphatic imine (C=N–C) groups is 1. The molecule has 4 aliphatic carbocycles. The third-order valence-corrected chi connectivity index (χ3v) is 17.9. The lowest BCUT2D eigenvalue weighted by Gasteiger charge is -2.37. The Bertz CT molecular complexity index is 3320. The number of aromatic amines is 2. The van der Waals surface area contributed by atoms with Crippen molar-refractivity contribution in [2.45, 2.75) is 211 Å². The van der Waals surface area contributed by atoms with E-state index in [1.165, 1.54) is 107 Å². The second-order valence-corrected chi connectivity index (χ2v) is 25.2. The van der Waals surface area contributed by atoms with Gasteiger partial charge in [0.2, 0.25) is 0 Å². The van der Waals surface area contributed by atoms with Crippen LogP contribution in [0.4, 0.5) is 0 Å². The molecule has 84 heavy (non-hydrogen) atoms. The molecule has 8 aromatic rings. The van der Waals surface area contributed by atoms with Crippen LogP contribution in [0.1, 0.15) is 161 Å². The molecule has 11 nitrogen and oxygen atoms in total. The molecule has 2 unspecified atom stereocenters. The number of H-pyrrole nitrogens is 2. The normalized spacial score (nSPS) is 18.4. The van der Waals surface area contributed by atoms with Crippen LogP contribution in [0.3, 0.4) is 0 Å². The van der Waals surface area contributed by atoms with Crippen LogP contribution >= 0.6 is 27.5 Å². The van der Waals surface area contributed by atoms with E-state index in [2.05, 4.69) is 188 Å². The van der Waals surface area contributed by atoms with Gasteiger partial charge in [0.15, 0.2) is 0 Å². The first kappa shape index (κ1) is 62.8. The molecule has 0 radical (unpaired) electrons. The summed E-state index contributed by atoms with van der Waals surface area (Å²) in [6.45, 7) is 16.4. The van der Waals surface area contributed by atoms with Crippen LogP contribution in [0.5, 0.6) is 0 Å². The van der Waals surface area contributed by atoms with Crippen molar-refractivity contribution in [3.8, 4) is 0 Å². The number of benzene rings is 4. The Morgan fingerprint density at radius 3 is 1.73 bits per heavy atom. The fraction of sp³-hybridized carbons (Fsp3) is 0.479. The topological polar surface area (TPSA) is 119 Å². The van der Waals surface area contributed by atoms with Gasteiger partial charge in [0, 0.05) is 52.9 Å². The van der Waals surface area contributed by atoms with Gasteiger partial charge in [-0.25, -0.2) is 15.0 Å². The molecule has 3 saturated carbocycles. The molecule has 4 aromatic carbocycles. The average Bonchev–Trinajstić information content (AvgIpc) is 4.09. The van der Waals surface area contributed by atoms with E-state index in [-0.39, 0.29) is 6.04 Å². The second-order valence-electron chi connectivity index (χ2n) is 24.4. The molecule has 0 bridgehead atoms. The predicted molar refractivity (Wildman–Crippen MR) is 358 cm³/mol. The average molecular weight is 1220 g/mol. The zero-order valence-electron chi connectivity index (χ0n) is 51.0. The van der Waals surface area contributed by atoms with Gasteiger partial charge in [0.05, 0.1) is 81.6 Å². The summed E-state index contributed by atoms with van der Waals surface area (Å²) in [4.78, 5) is 35.4. The minimum atomic E-state index is 0.234. The fourth-order valence-corrected chi connectivity index (χ4v) is 13.2. The van der Waals surface area contributed by atoms with E-state index >= 15 is 0 Å². The minimum Gasteiger partial charge on any atom is -0.341 e. The first-order chi connectivity index (χ1) is 41.0. The summed E-state index contributed by atoms with van der Waals surface area (Å²) < 4.78 is 2.40. The highest BCUT2D eigenvalue weighted by Crippen LogP contribution is 2.30. The summed E-state index contributed by atoms with van der Waals surface area (Å²) in [7, 11) is 0. The van der Waals surface area contributed by atoms with E-state index < -0.39 is 0 Å². The lowest BCUT2D eigenvalue weighted by molar-refractivity contribution is 0.108. The number of aromatic nitrogens is 7. The van der Waals surface area contributed by atoms with Gasteiger partial charge >= 0.3 is 0 Å². The van der Waals surface area contributed by atoms with E-state index in [9.17, 15) is 0 Å². The lowest BCUT2D eigenvalue weighted by Crippen LogP contribution is -2.41. The summed E-state index contributed by atoms with van der Waals surface area (Å²) in [5, 5.41) is 5.60. The number of hydrogen-bond donors (Lipinski definition) is 3. The third-order valence-electron chi connectivity index (χ3n) is 17.1. The molecule has 13 heteroatoms. The van der Waals surface area contributed by atoms with E-state index in [1.807, 2.05) is 54.6 Å². The number of fused-ring (bicyclic) bond motifs is 5. The van der Waals surface area contributed by atoms with Crippen molar-refractivity contribution in [2.24, 2.45) is 10.9 Å². The van der Waals surface area contributed by atoms with Crippen LogP contribution < -0.4 is 5.32 Å². The number of hydrogen-bond acceptors (Lipinski definition) is 8. The van der Waals surface area contributed by atoms with E-state index in [0.29, 0.717) is 36.0 Å². The Balaban J connectivity index is 0.000000137. The fourth-order valence-electron chi connectivity index (χ4n) is 12.8. The number of allylic oxidation sites excluding steroid dienone is 3. The molecule has 5 aliphatic rings. The highest BCUT2D eigenvalue weighted by Gasteiger charge is 2.28. The molecule has 3 N–H and O–H groups in total. The van der Waals surface area contributed by atoms with E-state index in [0.717, 1.165) is 99.0 Å². The quantitative estimate of drug-likeness (QED) is 0.0928. The summed E-state index contributed by atoms with van der Waals surface area (Å²) in [6.07, 6.45) is 33.9. The van der Waals surface area contributed by atoms with E-state index in [1.54, 1.807) is 0 Å². The van der Waals surface area contributed by atoms with Crippen molar-refractivity contribution in [2.75, 3.05) is 0 Å². The van der Waals surface area contributed by atoms with Crippen LogP contribution in [0.2, 0.25) is 0 Å². The molecule has 0 saturated heterocycles. The van der Waals surface area contributed by atoms with Crippen molar-refractivity contribution in [3.63, 3.8) is 0 Å². The number of alkyl halides is 2.